The predicted octanol–water partition coefficient (Wildman–Crippen LogP) is 4.82. The summed E-state index contributed by atoms with van der Waals surface area (Å²) in [7, 11) is 0. The summed E-state index contributed by atoms with van der Waals surface area (Å²) >= 11 is 0. The van der Waals surface area contributed by atoms with Crippen molar-refractivity contribution in [2.45, 2.75) is 136 Å². The number of unbranched alkanes of at least 4 members (excludes halogenated alkanes) is 1. The molecule has 19 heteroatoms. The highest BCUT2D eigenvalue weighted by Crippen LogP contribution is 2.21. The first kappa shape index (κ1) is 53.7. The van der Waals surface area contributed by atoms with Gasteiger partial charge in [0.15, 0.2) is 0 Å². The topological polar surface area (TPSA) is 238 Å². The summed E-state index contributed by atoms with van der Waals surface area (Å²) in [5.74, 6) is -3.18. The molecule has 376 valence electrons. The van der Waals surface area contributed by atoms with Crippen LogP contribution in [0.4, 0.5) is 9.59 Å². The molecule has 70 heavy (non-hydrogen) atoms. The monoisotopic (exact) mass is 966 g/mol. The van der Waals surface area contributed by atoms with E-state index in [1.165, 1.54) is 18.7 Å². The van der Waals surface area contributed by atoms with Crippen LogP contribution in [0.1, 0.15) is 89.1 Å². The minimum Gasteiger partial charge on any atom is -0.459 e. The van der Waals surface area contributed by atoms with Crippen molar-refractivity contribution in [1.29, 1.82) is 0 Å². The quantitative estimate of drug-likeness (QED) is 0.0361. The minimum atomic E-state index is -1.17. The molecule has 2 heterocycles. The molecule has 1 aliphatic rings. The van der Waals surface area contributed by atoms with E-state index in [0.29, 0.717) is 31.6 Å². The van der Waals surface area contributed by atoms with Crippen LogP contribution in [0, 0.1) is 0 Å². The first-order valence-corrected chi connectivity index (χ1v) is 23.5. The van der Waals surface area contributed by atoms with Gasteiger partial charge < -0.3 is 55.0 Å². The summed E-state index contributed by atoms with van der Waals surface area (Å²) in [6.45, 7) is 9.12. The number of imidazole rings is 1. The molecule has 5 rings (SSSR count). The molecular weight excluding hydrogens is 901 g/mol. The number of carbonyl (C=O) groups excluding carboxylic acids is 7. The third kappa shape index (κ3) is 18.3. The second kappa shape index (κ2) is 27.0. The number of hydrogen-bond donors (Lipinski definition) is 5. The van der Waals surface area contributed by atoms with Crippen molar-refractivity contribution in [1.82, 2.24) is 41.0 Å². The van der Waals surface area contributed by atoms with Crippen LogP contribution < -0.4 is 26.6 Å². The highest BCUT2D eigenvalue weighted by Gasteiger charge is 2.39. The molecule has 19 nitrogen and oxygen atoms in total. The average molecular weight is 967 g/mol. The third-order valence-electron chi connectivity index (χ3n) is 11.0. The van der Waals surface area contributed by atoms with E-state index in [0.717, 1.165) is 16.7 Å². The van der Waals surface area contributed by atoms with Crippen molar-refractivity contribution < 1.29 is 52.5 Å². The number of carbonyl (C=O) groups is 7. The van der Waals surface area contributed by atoms with Crippen molar-refractivity contribution in [3.05, 3.63) is 126 Å². The van der Waals surface area contributed by atoms with Crippen molar-refractivity contribution in [3.63, 3.8) is 0 Å². The molecule has 1 saturated heterocycles. The summed E-state index contributed by atoms with van der Waals surface area (Å²) in [5.41, 5.74) is 2.23. The number of hydrogen-bond acceptors (Lipinski definition) is 12. The van der Waals surface area contributed by atoms with Crippen molar-refractivity contribution in [3.8, 4) is 0 Å². The maximum Gasteiger partial charge on any atom is 0.408 e. The van der Waals surface area contributed by atoms with Gasteiger partial charge >= 0.3 is 18.2 Å². The normalized spacial score (nSPS) is 15.0. The summed E-state index contributed by atoms with van der Waals surface area (Å²) < 4.78 is 23.7. The fourth-order valence-corrected chi connectivity index (χ4v) is 7.39. The molecule has 0 spiro atoms. The minimum absolute atomic E-state index is 0.0000973. The molecule has 4 aromatic rings. The molecule has 0 radical (unpaired) electrons. The van der Waals surface area contributed by atoms with E-state index in [1.54, 1.807) is 50.0 Å². The molecule has 0 aliphatic carbocycles. The molecule has 1 aromatic heterocycles. The lowest BCUT2D eigenvalue weighted by molar-refractivity contribution is -0.148. The van der Waals surface area contributed by atoms with E-state index in [1.807, 2.05) is 78.9 Å². The number of benzene rings is 3. The largest absolute Gasteiger partial charge is 0.459 e. The lowest BCUT2D eigenvalue weighted by Crippen LogP contribution is -2.58. The Hall–Kier alpha value is -7.28. The van der Waals surface area contributed by atoms with Crippen LogP contribution in [0.25, 0.3) is 0 Å². The van der Waals surface area contributed by atoms with Crippen LogP contribution in [0.15, 0.2) is 104 Å². The number of rotatable bonds is 24. The third-order valence-corrected chi connectivity index (χ3v) is 11.0. The SMILES string of the molecule is C[C@@H](NC(=O)[C@@H]1CCCN1C(=O)[C@@H](Cc1cn(COCc2ccccc2)cn1)NC(=O)OC(C)(C)C)C(=O)N[C@@H](CCCCNC(=O)OCc1ccccc1)C(=O)N[C@H](C)C(=O)OCc1ccccc1. The lowest BCUT2D eigenvalue weighted by Gasteiger charge is -2.30. The second-order valence-corrected chi connectivity index (χ2v) is 18.0. The fraction of sp³-hybridized carbons (Fsp3) is 0.451. The van der Waals surface area contributed by atoms with Crippen LogP contribution >= 0.6 is 0 Å². The number of nitrogens with zero attached hydrogens (tertiary/aromatic N) is 3. The van der Waals surface area contributed by atoms with E-state index in [-0.39, 0.29) is 52.3 Å². The van der Waals surface area contributed by atoms with E-state index in [9.17, 15) is 33.6 Å². The molecule has 1 aliphatic heterocycles. The first-order valence-electron chi connectivity index (χ1n) is 23.5. The number of alkyl carbamates (subject to hydrolysis) is 2. The van der Waals surface area contributed by atoms with Gasteiger partial charge in [0.25, 0.3) is 0 Å². The number of likely N-dealkylation sites (tertiary alicyclic amines) is 1. The van der Waals surface area contributed by atoms with E-state index < -0.39 is 77.6 Å². The molecular formula is C51H66N8O11. The maximum atomic E-state index is 14.3. The highest BCUT2D eigenvalue weighted by molar-refractivity contribution is 5.96. The molecule has 0 bridgehead atoms. The molecule has 6 amide bonds. The van der Waals surface area contributed by atoms with Crippen LogP contribution in [0.2, 0.25) is 0 Å². The van der Waals surface area contributed by atoms with Gasteiger partial charge in [0.05, 0.1) is 18.6 Å². The number of ether oxygens (including phenoxy) is 4. The van der Waals surface area contributed by atoms with Gasteiger partial charge in [-0.3, -0.25) is 19.2 Å². The van der Waals surface area contributed by atoms with Gasteiger partial charge in [-0.15, -0.1) is 0 Å². The molecule has 5 atom stereocenters. The Morgan fingerprint density at radius 1 is 0.700 bits per heavy atom. The van der Waals surface area contributed by atoms with Gasteiger partial charge in [0, 0.05) is 25.7 Å². The zero-order valence-electron chi connectivity index (χ0n) is 40.5. The zero-order valence-corrected chi connectivity index (χ0v) is 40.5. The maximum absolute atomic E-state index is 14.3. The number of amides is 6. The fourth-order valence-electron chi connectivity index (χ4n) is 7.39. The molecule has 0 saturated carbocycles. The van der Waals surface area contributed by atoms with Gasteiger partial charge in [0.2, 0.25) is 23.6 Å². The molecule has 0 unspecified atom stereocenters. The standard InChI is InChI=1S/C51H66N8O11/c1-35(44(60)56-41(24-15-16-26-52-49(65)69-32-39-22-13-8-14-23-39)45(61)55-36(2)48(64)68-31-38-20-11-7-12-21-38)54-46(62)43-25-17-27-59(43)47(63)42(57-50(66)70-51(3,4)5)28-40-29-58(33-53-40)34-67-30-37-18-9-6-10-19-37/h6-14,18-23,29,33,35-36,41-43H,15-17,24-28,30-32,34H2,1-5H3,(H,52,65)(H,54,62)(H,55,61)(H,56,60)(H,57,66)/t35-,36-,41+,42-,43+/m1/s1. The van der Waals surface area contributed by atoms with Gasteiger partial charge in [0.1, 0.15) is 55.8 Å². The predicted molar refractivity (Wildman–Crippen MR) is 257 cm³/mol. The van der Waals surface area contributed by atoms with Crippen molar-refractivity contribution in [2.75, 3.05) is 13.1 Å². The Morgan fingerprint density at radius 2 is 1.31 bits per heavy atom. The smallest absolute Gasteiger partial charge is 0.408 e. The van der Waals surface area contributed by atoms with E-state index in [2.05, 4.69) is 31.6 Å². The van der Waals surface area contributed by atoms with Gasteiger partial charge in [-0.05, 0) is 83.4 Å². The Morgan fingerprint density at radius 3 is 1.94 bits per heavy atom. The van der Waals surface area contributed by atoms with Gasteiger partial charge in [-0.2, -0.15) is 0 Å². The lowest BCUT2D eigenvalue weighted by atomic mass is 10.1. The van der Waals surface area contributed by atoms with Crippen LogP contribution in [0.5, 0.6) is 0 Å². The second-order valence-electron chi connectivity index (χ2n) is 18.0. The number of aromatic nitrogens is 2. The molecule has 5 N–H and O–H groups in total. The van der Waals surface area contributed by atoms with Crippen LogP contribution in [-0.4, -0.2) is 105 Å². The van der Waals surface area contributed by atoms with E-state index >= 15 is 0 Å². The van der Waals surface area contributed by atoms with Crippen molar-refractivity contribution >= 4 is 41.8 Å². The van der Waals surface area contributed by atoms with Crippen molar-refractivity contribution in [2.24, 2.45) is 0 Å². The van der Waals surface area contributed by atoms with E-state index in [4.69, 9.17) is 18.9 Å². The average Bonchev–Trinajstić information content (AvgIpc) is 4.02. The Bertz CT molecular complexity index is 2330. The number of esters is 1. The first-order chi connectivity index (χ1) is 33.5. The van der Waals surface area contributed by atoms with Gasteiger partial charge in [-0.25, -0.2) is 19.4 Å². The van der Waals surface area contributed by atoms with Crippen LogP contribution in [0.3, 0.4) is 0 Å². The van der Waals surface area contributed by atoms with Gasteiger partial charge in [-0.1, -0.05) is 91.0 Å². The summed E-state index contributed by atoms with van der Waals surface area (Å²) in [6.07, 6.45) is 3.49. The summed E-state index contributed by atoms with van der Waals surface area (Å²) in [4.78, 5) is 99.6. The Balaban J connectivity index is 1.18. The van der Waals surface area contributed by atoms with Crippen LogP contribution in [-0.2, 0) is 75.9 Å². The molecule has 3 aromatic carbocycles. The Kier molecular flexibility index (Phi) is 20.7. The zero-order chi connectivity index (χ0) is 50.5. The summed E-state index contributed by atoms with van der Waals surface area (Å²) in [5, 5.41) is 13.4. The number of nitrogens with one attached hydrogen (secondary N) is 5. The Labute approximate surface area is 408 Å². The highest BCUT2D eigenvalue weighted by atomic mass is 16.6. The molecule has 1 fully saturated rings. The summed E-state index contributed by atoms with van der Waals surface area (Å²) in [6, 6.07) is 22.4.